The van der Waals surface area contributed by atoms with E-state index in [1.54, 1.807) is 23.5 Å². The fourth-order valence-corrected chi connectivity index (χ4v) is 2.62. The first-order valence-corrected chi connectivity index (χ1v) is 6.64. The van der Waals surface area contributed by atoms with Gasteiger partial charge in [-0.3, -0.25) is 0 Å². The quantitative estimate of drug-likeness (QED) is 0.852. The highest BCUT2D eigenvalue weighted by molar-refractivity contribution is 7.07. The highest BCUT2D eigenvalue weighted by atomic mass is 32.1. The molecule has 0 aliphatic carbocycles. The van der Waals surface area contributed by atoms with Gasteiger partial charge >= 0.3 is 0 Å². The van der Waals surface area contributed by atoms with Gasteiger partial charge < -0.3 is 5.32 Å². The van der Waals surface area contributed by atoms with Crippen molar-refractivity contribution < 1.29 is 4.39 Å². The van der Waals surface area contributed by atoms with E-state index in [1.807, 2.05) is 6.07 Å². The normalized spacial score (nSPS) is 14.5. The van der Waals surface area contributed by atoms with Crippen molar-refractivity contribution in [1.82, 2.24) is 5.32 Å². The van der Waals surface area contributed by atoms with Crippen molar-refractivity contribution in [3.63, 3.8) is 0 Å². The first kappa shape index (κ1) is 12.3. The highest BCUT2D eigenvalue weighted by Crippen LogP contribution is 2.21. The second-order valence-electron chi connectivity index (χ2n) is 4.22. The molecular weight excluding hydrogens is 233 g/mol. The summed E-state index contributed by atoms with van der Waals surface area (Å²) in [6.07, 6.45) is 0. The molecule has 2 atom stereocenters. The van der Waals surface area contributed by atoms with E-state index in [9.17, 15) is 4.39 Å². The lowest BCUT2D eigenvalue weighted by Gasteiger charge is -2.19. The van der Waals surface area contributed by atoms with Gasteiger partial charge in [-0.2, -0.15) is 11.3 Å². The number of nitrogens with one attached hydrogen (secondary N) is 1. The summed E-state index contributed by atoms with van der Waals surface area (Å²) >= 11 is 1.69. The Kier molecular flexibility index (Phi) is 3.92. The van der Waals surface area contributed by atoms with E-state index in [1.165, 1.54) is 11.6 Å². The molecule has 0 aliphatic heterocycles. The summed E-state index contributed by atoms with van der Waals surface area (Å²) in [7, 11) is 0. The Morgan fingerprint density at radius 2 is 1.88 bits per heavy atom. The summed E-state index contributed by atoms with van der Waals surface area (Å²) in [6.45, 7) is 4.18. The smallest absolute Gasteiger partial charge is 0.123 e. The summed E-state index contributed by atoms with van der Waals surface area (Å²) in [4.78, 5) is 0. The molecule has 0 saturated carbocycles. The molecule has 0 bridgehead atoms. The molecule has 1 aromatic carbocycles. The molecule has 90 valence electrons. The number of benzene rings is 1. The van der Waals surface area contributed by atoms with Gasteiger partial charge in [-0.05, 0) is 53.9 Å². The summed E-state index contributed by atoms with van der Waals surface area (Å²) < 4.78 is 13.1. The van der Waals surface area contributed by atoms with Crippen LogP contribution in [0.2, 0.25) is 0 Å². The predicted molar refractivity (Wildman–Crippen MR) is 70.7 cm³/mol. The Bertz CT molecular complexity index is 467. The summed E-state index contributed by atoms with van der Waals surface area (Å²) in [5.74, 6) is -0.181. The van der Waals surface area contributed by atoms with E-state index in [4.69, 9.17) is 0 Å². The fraction of sp³-hybridized carbons (Fsp3) is 0.286. The Hall–Kier alpha value is -1.19. The minimum atomic E-state index is -0.181. The number of hydrogen-bond donors (Lipinski definition) is 1. The van der Waals surface area contributed by atoms with Crippen molar-refractivity contribution in [1.29, 1.82) is 0 Å². The third-order valence-electron chi connectivity index (χ3n) is 2.89. The first-order valence-electron chi connectivity index (χ1n) is 5.70. The van der Waals surface area contributed by atoms with Gasteiger partial charge in [0.15, 0.2) is 0 Å². The molecule has 1 nitrogen and oxygen atoms in total. The molecule has 17 heavy (non-hydrogen) atoms. The molecule has 0 saturated heterocycles. The maximum Gasteiger partial charge on any atom is 0.123 e. The summed E-state index contributed by atoms with van der Waals surface area (Å²) in [6, 6.07) is 9.27. The molecule has 2 rings (SSSR count). The molecular formula is C14H16FNS. The molecule has 0 aliphatic rings. The van der Waals surface area contributed by atoms with Crippen molar-refractivity contribution in [2.24, 2.45) is 0 Å². The van der Waals surface area contributed by atoms with Crippen molar-refractivity contribution in [3.8, 4) is 0 Å². The highest BCUT2D eigenvalue weighted by Gasteiger charge is 2.11. The molecule has 0 radical (unpaired) electrons. The van der Waals surface area contributed by atoms with E-state index >= 15 is 0 Å². The largest absolute Gasteiger partial charge is 0.304 e. The van der Waals surface area contributed by atoms with Crippen LogP contribution in [-0.2, 0) is 0 Å². The van der Waals surface area contributed by atoms with Crippen LogP contribution in [0.1, 0.15) is 37.1 Å². The van der Waals surface area contributed by atoms with Gasteiger partial charge in [-0.1, -0.05) is 12.1 Å². The van der Waals surface area contributed by atoms with Crippen molar-refractivity contribution in [2.45, 2.75) is 25.9 Å². The standard InChI is InChI=1S/C14H16FNS/c1-10(12-4-3-5-14(15)8-12)16-11(2)13-6-7-17-9-13/h3-11,16H,1-2H3. The van der Waals surface area contributed by atoms with E-state index in [0.717, 1.165) is 5.56 Å². The van der Waals surface area contributed by atoms with Crippen LogP contribution in [0.4, 0.5) is 4.39 Å². The van der Waals surface area contributed by atoms with Gasteiger partial charge in [0, 0.05) is 12.1 Å². The van der Waals surface area contributed by atoms with Gasteiger partial charge in [0.2, 0.25) is 0 Å². The van der Waals surface area contributed by atoms with Crippen LogP contribution in [0.25, 0.3) is 0 Å². The van der Waals surface area contributed by atoms with E-state index in [2.05, 4.69) is 36.0 Å². The average Bonchev–Trinajstić information content (AvgIpc) is 2.82. The molecule has 0 amide bonds. The Morgan fingerprint density at radius 1 is 1.12 bits per heavy atom. The van der Waals surface area contributed by atoms with Gasteiger partial charge in [0.05, 0.1) is 0 Å². The Balaban J connectivity index is 2.04. The monoisotopic (exact) mass is 249 g/mol. The molecule has 2 aromatic rings. The zero-order chi connectivity index (χ0) is 12.3. The van der Waals surface area contributed by atoms with Crippen LogP contribution in [0.15, 0.2) is 41.1 Å². The van der Waals surface area contributed by atoms with Crippen molar-refractivity contribution in [2.75, 3.05) is 0 Å². The predicted octanol–water partition coefficient (Wildman–Crippen LogP) is 4.30. The lowest BCUT2D eigenvalue weighted by molar-refractivity contribution is 0.493. The maximum absolute atomic E-state index is 13.1. The van der Waals surface area contributed by atoms with Gasteiger partial charge in [0.25, 0.3) is 0 Å². The molecule has 2 unspecified atom stereocenters. The minimum Gasteiger partial charge on any atom is -0.304 e. The second kappa shape index (κ2) is 5.43. The van der Waals surface area contributed by atoms with Crippen molar-refractivity contribution in [3.05, 3.63) is 58.0 Å². The fourth-order valence-electron chi connectivity index (χ4n) is 1.86. The Morgan fingerprint density at radius 3 is 2.53 bits per heavy atom. The van der Waals surface area contributed by atoms with Crippen LogP contribution < -0.4 is 5.32 Å². The maximum atomic E-state index is 13.1. The summed E-state index contributed by atoms with van der Waals surface area (Å²) in [5.41, 5.74) is 2.25. The van der Waals surface area contributed by atoms with Crippen LogP contribution in [0, 0.1) is 5.82 Å². The number of halogens is 1. The number of thiophene rings is 1. The SMILES string of the molecule is CC(NC(C)c1cccc(F)c1)c1ccsc1. The topological polar surface area (TPSA) is 12.0 Å². The lowest BCUT2D eigenvalue weighted by atomic mass is 10.1. The molecule has 3 heteroatoms. The zero-order valence-corrected chi connectivity index (χ0v) is 10.8. The third kappa shape index (κ3) is 3.14. The minimum absolute atomic E-state index is 0.139. The molecule has 0 fully saturated rings. The van der Waals surface area contributed by atoms with E-state index in [-0.39, 0.29) is 17.9 Å². The molecule has 1 N–H and O–H groups in total. The summed E-state index contributed by atoms with van der Waals surface area (Å²) in [5, 5.41) is 7.67. The third-order valence-corrected chi connectivity index (χ3v) is 3.59. The van der Waals surface area contributed by atoms with Crippen molar-refractivity contribution >= 4 is 11.3 Å². The van der Waals surface area contributed by atoms with Crippen LogP contribution in [-0.4, -0.2) is 0 Å². The Labute approximate surface area is 105 Å². The second-order valence-corrected chi connectivity index (χ2v) is 5.00. The van der Waals surface area contributed by atoms with Gasteiger partial charge in [0.1, 0.15) is 5.82 Å². The zero-order valence-electron chi connectivity index (χ0n) is 9.98. The van der Waals surface area contributed by atoms with Crippen LogP contribution in [0.3, 0.4) is 0 Å². The number of rotatable bonds is 4. The average molecular weight is 249 g/mol. The van der Waals surface area contributed by atoms with Crippen LogP contribution in [0.5, 0.6) is 0 Å². The molecule has 0 spiro atoms. The first-order chi connectivity index (χ1) is 8.16. The van der Waals surface area contributed by atoms with Crippen LogP contribution >= 0.6 is 11.3 Å². The lowest BCUT2D eigenvalue weighted by Crippen LogP contribution is -2.22. The van der Waals surface area contributed by atoms with Gasteiger partial charge in [-0.25, -0.2) is 4.39 Å². The van der Waals surface area contributed by atoms with E-state index in [0.29, 0.717) is 0 Å². The molecule has 1 heterocycles. The van der Waals surface area contributed by atoms with Gasteiger partial charge in [-0.15, -0.1) is 0 Å². The molecule has 1 aromatic heterocycles. The number of hydrogen-bond acceptors (Lipinski definition) is 2. The van der Waals surface area contributed by atoms with E-state index < -0.39 is 0 Å².